The van der Waals surface area contributed by atoms with Gasteiger partial charge in [0.15, 0.2) is 11.5 Å². The number of nitrogens with zero attached hydrogens (tertiary/aromatic N) is 1. The van der Waals surface area contributed by atoms with Crippen molar-refractivity contribution in [2.45, 2.75) is 45.3 Å². The van der Waals surface area contributed by atoms with Gasteiger partial charge in [-0.2, -0.15) is 0 Å². The first-order chi connectivity index (χ1) is 15.6. The number of benzene rings is 2. The molecule has 2 N–H and O–H groups in total. The van der Waals surface area contributed by atoms with Gasteiger partial charge in [-0.1, -0.05) is 30.3 Å². The van der Waals surface area contributed by atoms with Gasteiger partial charge in [0.25, 0.3) is 11.8 Å². The van der Waals surface area contributed by atoms with Crippen LogP contribution in [0.25, 0.3) is 0 Å². The second-order valence-electron chi connectivity index (χ2n) is 8.24. The summed E-state index contributed by atoms with van der Waals surface area (Å²) in [5, 5.41) is 9.75. The predicted octanol–water partition coefficient (Wildman–Crippen LogP) is 4.81. The van der Waals surface area contributed by atoms with E-state index in [9.17, 15) is 9.59 Å². The number of aromatic nitrogens is 1. The molecule has 7 heteroatoms. The molecule has 1 heterocycles. The lowest BCUT2D eigenvalue weighted by molar-refractivity contribution is 0.0913. The van der Waals surface area contributed by atoms with Crippen molar-refractivity contribution in [2.24, 2.45) is 5.92 Å². The van der Waals surface area contributed by atoms with Crippen LogP contribution >= 0.6 is 0 Å². The summed E-state index contributed by atoms with van der Waals surface area (Å²) in [6.07, 6.45) is 4.28. The number of amides is 2. The zero-order valence-corrected chi connectivity index (χ0v) is 18.0. The van der Waals surface area contributed by atoms with E-state index in [2.05, 4.69) is 22.7 Å². The highest BCUT2D eigenvalue weighted by atomic mass is 16.5. The zero-order chi connectivity index (χ0) is 22.3. The first kappa shape index (κ1) is 21.6. The molecule has 3 aromatic rings. The van der Waals surface area contributed by atoms with Gasteiger partial charge in [-0.25, -0.2) is 0 Å². The van der Waals surface area contributed by atoms with Crippen LogP contribution in [0.2, 0.25) is 0 Å². The number of carbonyl (C=O) groups excluding carboxylic acids is 2. The molecule has 32 heavy (non-hydrogen) atoms. The maximum Gasteiger partial charge on any atom is 0.273 e. The SMILES string of the molecule is CC1CCC(NC(=O)c2cc(COc3ccc(NC(=O)c4ccccc4)cc3)on2)CC1. The van der Waals surface area contributed by atoms with E-state index in [4.69, 9.17) is 9.26 Å². The van der Waals surface area contributed by atoms with Gasteiger partial charge < -0.3 is 19.9 Å². The Labute approximate surface area is 187 Å². The Kier molecular flexibility index (Phi) is 6.84. The molecule has 0 atom stereocenters. The van der Waals surface area contributed by atoms with Crippen molar-refractivity contribution in [3.8, 4) is 5.75 Å². The molecule has 0 saturated heterocycles. The van der Waals surface area contributed by atoms with E-state index in [0.29, 0.717) is 22.8 Å². The van der Waals surface area contributed by atoms with Gasteiger partial charge in [0, 0.05) is 23.4 Å². The smallest absolute Gasteiger partial charge is 0.273 e. The van der Waals surface area contributed by atoms with Crippen molar-refractivity contribution >= 4 is 17.5 Å². The van der Waals surface area contributed by atoms with Crippen LogP contribution in [-0.4, -0.2) is 23.0 Å². The standard InChI is InChI=1S/C25H27N3O4/c1-17-7-9-19(10-8-17)27-25(30)23-15-22(32-28-23)16-31-21-13-11-20(12-14-21)26-24(29)18-5-3-2-4-6-18/h2-6,11-15,17,19H,7-10,16H2,1H3,(H,26,29)(H,27,30). The molecule has 4 rings (SSSR count). The normalized spacial score (nSPS) is 18.0. The minimum Gasteiger partial charge on any atom is -0.486 e. The molecule has 1 fully saturated rings. The highest BCUT2D eigenvalue weighted by Gasteiger charge is 2.22. The quantitative estimate of drug-likeness (QED) is 0.557. The molecule has 166 valence electrons. The Hall–Kier alpha value is -3.61. The van der Waals surface area contributed by atoms with Crippen molar-refractivity contribution in [1.29, 1.82) is 0 Å². The van der Waals surface area contributed by atoms with Gasteiger partial charge >= 0.3 is 0 Å². The van der Waals surface area contributed by atoms with E-state index in [-0.39, 0.29) is 30.2 Å². The third-order valence-corrected chi connectivity index (χ3v) is 5.67. The number of anilines is 1. The van der Waals surface area contributed by atoms with Crippen LogP contribution in [0.3, 0.4) is 0 Å². The van der Waals surface area contributed by atoms with E-state index >= 15 is 0 Å². The third kappa shape index (κ3) is 5.75. The molecular weight excluding hydrogens is 406 g/mol. The van der Waals surface area contributed by atoms with Crippen LogP contribution in [0.1, 0.15) is 59.2 Å². The summed E-state index contributed by atoms with van der Waals surface area (Å²) in [6.45, 7) is 2.40. The van der Waals surface area contributed by atoms with Gasteiger partial charge in [-0.05, 0) is 68.0 Å². The summed E-state index contributed by atoms with van der Waals surface area (Å²) in [5.74, 6) is 1.43. The second kappa shape index (κ2) is 10.1. The lowest BCUT2D eigenvalue weighted by Gasteiger charge is -2.26. The summed E-state index contributed by atoms with van der Waals surface area (Å²) < 4.78 is 11.0. The van der Waals surface area contributed by atoms with Crippen molar-refractivity contribution < 1.29 is 18.8 Å². The molecule has 2 amide bonds. The van der Waals surface area contributed by atoms with E-state index < -0.39 is 0 Å². The number of hydrogen-bond donors (Lipinski definition) is 2. The minimum absolute atomic E-state index is 0.150. The molecule has 0 unspecified atom stereocenters. The summed E-state index contributed by atoms with van der Waals surface area (Å²) in [4.78, 5) is 24.6. The molecule has 1 aliphatic carbocycles. The number of ether oxygens (including phenoxy) is 1. The molecule has 0 spiro atoms. The molecule has 7 nitrogen and oxygen atoms in total. The highest BCUT2D eigenvalue weighted by Crippen LogP contribution is 2.24. The maximum absolute atomic E-state index is 12.4. The van der Waals surface area contributed by atoms with Crippen LogP contribution in [0, 0.1) is 5.92 Å². The Balaban J connectivity index is 1.25. The van der Waals surface area contributed by atoms with Gasteiger partial charge in [0.1, 0.15) is 12.4 Å². The Morgan fingerprint density at radius 3 is 2.44 bits per heavy atom. The number of rotatable bonds is 7. The van der Waals surface area contributed by atoms with Gasteiger partial charge in [-0.15, -0.1) is 0 Å². The molecule has 1 saturated carbocycles. The lowest BCUT2D eigenvalue weighted by atomic mass is 9.87. The average Bonchev–Trinajstić information content (AvgIpc) is 3.30. The van der Waals surface area contributed by atoms with Crippen LogP contribution in [0.5, 0.6) is 5.75 Å². The highest BCUT2D eigenvalue weighted by molar-refractivity contribution is 6.04. The predicted molar refractivity (Wildman–Crippen MR) is 121 cm³/mol. The first-order valence-corrected chi connectivity index (χ1v) is 10.9. The van der Waals surface area contributed by atoms with Crippen molar-refractivity contribution in [1.82, 2.24) is 10.5 Å². The van der Waals surface area contributed by atoms with Gasteiger partial charge in [0.05, 0.1) is 0 Å². The molecule has 1 aliphatic rings. The van der Waals surface area contributed by atoms with Crippen LogP contribution in [0.15, 0.2) is 65.2 Å². The molecular formula is C25H27N3O4. The maximum atomic E-state index is 12.4. The fraction of sp³-hybridized carbons (Fsp3) is 0.320. The van der Waals surface area contributed by atoms with E-state index in [1.54, 1.807) is 42.5 Å². The van der Waals surface area contributed by atoms with E-state index in [1.165, 1.54) is 0 Å². The topological polar surface area (TPSA) is 93.5 Å². The first-order valence-electron chi connectivity index (χ1n) is 10.9. The molecule has 0 aliphatic heterocycles. The Morgan fingerprint density at radius 2 is 1.72 bits per heavy atom. The monoisotopic (exact) mass is 433 g/mol. The number of hydrogen-bond acceptors (Lipinski definition) is 5. The molecule has 0 bridgehead atoms. The van der Waals surface area contributed by atoms with Gasteiger partial charge in [0.2, 0.25) is 0 Å². The fourth-order valence-corrected chi connectivity index (χ4v) is 3.73. The Bertz CT molecular complexity index is 1040. The van der Waals surface area contributed by atoms with E-state index in [0.717, 1.165) is 31.6 Å². The average molecular weight is 434 g/mol. The molecule has 0 radical (unpaired) electrons. The van der Waals surface area contributed by atoms with E-state index in [1.807, 2.05) is 18.2 Å². The lowest BCUT2D eigenvalue weighted by Crippen LogP contribution is -2.37. The van der Waals surface area contributed by atoms with Crippen molar-refractivity contribution in [3.05, 3.63) is 77.7 Å². The fourth-order valence-electron chi connectivity index (χ4n) is 3.73. The zero-order valence-electron chi connectivity index (χ0n) is 18.0. The number of nitrogens with one attached hydrogen (secondary N) is 2. The third-order valence-electron chi connectivity index (χ3n) is 5.67. The summed E-state index contributed by atoms with van der Waals surface area (Å²) >= 11 is 0. The second-order valence-corrected chi connectivity index (χ2v) is 8.24. The molecule has 2 aromatic carbocycles. The number of carbonyl (C=O) groups is 2. The Morgan fingerprint density at radius 1 is 1.00 bits per heavy atom. The van der Waals surface area contributed by atoms with Gasteiger partial charge in [-0.3, -0.25) is 9.59 Å². The summed E-state index contributed by atoms with van der Waals surface area (Å²) in [7, 11) is 0. The van der Waals surface area contributed by atoms with Crippen molar-refractivity contribution in [3.63, 3.8) is 0 Å². The van der Waals surface area contributed by atoms with Crippen LogP contribution < -0.4 is 15.4 Å². The molecule has 1 aromatic heterocycles. The summed E-state index contributed by atoms with van der Waals surface area (Å²) in [5.41, 5.74) is 1.53. The minimum atomic E-state index is -0.210. The largest absolute Gasteiger partial charge is 0.486 e. The van der Waals surface area contributed by atoms with Crippen LogP contribution in [0.4, 0.5) is 5.69 Å². The van der Waals surface area contributed by atoms with Crippen LogP contribution in [-0.2, 0) is 6.61 Å². The van der Waals surface area contributed by atoms with Crippen molar-refractivity contribution in [2.75, 3.05) is 5.32 Å². The summed E-state index contributed by atoms with van der Waals surface area (Å²) in [6, 6.07) is 17.9.